The summed E-state index contributed by atoms with van der Waals surface area (Å²) in [6, 6.07) is 12.6. The van der Waals surface area contributed by atoms with Crippen LogP contribution in [0.4, 0.5) is 0 Å². The maximum absolute atomic E-state index is 4.70. The monoisotopic (exact) mass is 390 g/mol. The van der Waals surface area contributed by atoms with Crippen molar-refractivity contribution in [2.24, 2.45) is 4.99 Å². The number of hydrogen-bond acceptors (Lipinski definition) is 3. The third kappa shape index (κ3) is 5.44. The normalized spacial score (nSPS) is 11.6. The number of pyridine rings is 1. The molecule has 0 aliphatic heterocycles. The number of benzene rings is 1. The topological polar surface area (TPSA) is 67.1 Å². The van der Waals surface area contributed by atoms with Gasteiger partial charge in [-0.05, 0) is 63.4 Å². The van der Waals surface area contributed by atoms with E-state index >= 15 is 0 Å². The van der Waals surface area contributed by atoms with E-state index in [1.165, 1.54) is 16.7 Å². The van der Waals surface area contributed by atoms with Crippen LogP contribution >= 0.6 is 0 Å². The number of aliphatic imine (C=N–C) groups is 1. The molecule has 0 aliphatic rings. The average Bonchev–Trinajstić information content (AvgIpc) is 3.03. The summed E-state index contributed by atoms with van der Waals surface area (Å²) in [5, 5.41) is 11.2. The summed E-state index contributed by atoms with van der Waals surface area (Å²) in [5.74, 6) is 1.62. The van der Waals surface area contributed by atoms with E-state index in [0.717, 1.165) is 41.8 Å². The molecule has 2 heterocycles. The first-order valence-electron chi connectivity index (χ1n) is 10.0. The molecule has 0 aliphatic carbocycles. The van der Waals surface area contributed by atoms with Crippen LogP contribution in [0.25, 0.3) is 5.82 Å². The Morgan fingerprint density at radius 3 is 2.48 bits per heavy atom. The number of rotatable bonds is 6. The first-order valence-corrected chi connectivity index (χ1v) is 10.0. The van der Waals surface area contributed by atoms with E-state index in [1.807, 2.05) is 36.9 Å². The molecule has 0 spiro atoms. The molecule has 29 heavy (non-hydrogen) atoms. The van der Waals surface area contributed by atoms with Crippen molar-refractivity contribution in [1.82, 2.24) is 25.4 Å². The van der Waals surface area contributed by atoms with Crippen LogP contribution in [-0.4, -0.2) is 27.3 Å². The van der Waals surface area contributed by atoms with Gasteiger partial charge >= 0.3 is 0 Å². The lowest BCUT2D eigenvalue weighted by atomic mass is 10.1. The third-order valence-electron chi connectivity index (χ3n) is 4.74. The van der Waals surface area contributed by atoms with E-state index in [2.05, 4.69) is 65.8 Å². The molecule has 2 aromatic heterocycles. The van der Waals surface area contributed by atoms with Crippen molar-refractivity contribution in [3.63, 3.8) is 0 Å². The van der Waals surface area contributed by atoms with Crippen molar-refractivity contribution in [2.75, 3.05) is 6.54 Å². The number of nitrogens with zero attached hydrogens (tertiary/aromatic N) is 4. The summed E-state index contributed by atoms with van der Waals surface area (Å²) >= 11 is 0. The van der Waals surface area contributed by atoms with Gasteiger partial charge in [0.05, 0.1) is 12.2 Å². The Bertz CT molecular complexity index is 985. The second-order valence-corrected chi connectivity index (χ2v) is 7.34. The molecule has 1 aromatic carbocycles. The van der Waals surface area contributed by atoms with Gasteiger partial charge < -0.3 is 10.6 Å². The van der Waals surface area contributed by atoms with Gasteiger partial charge in [-0.3, -0.25) is 0 Å². The summed E-state index contributed by atoms with van der Waals surface area (Å²) in [6.45, 7) is 12.5. The van der Waals surface area contributed by atoms with Crippen molar-refractivity contribution in [3.8, 4) is 5.82 Å². The highest BCUT2D eigenvalue weighted by Gasteiger charge is 2.05. The van der Waals surface area contributed by atoms with E-state index in [1.54, 1.807) is 0 Å². The van der Waals surface area contributed by atoms with Gasteiger partial charge in [0.15, 0.2) is 11.8 Å². The largest absolute Gasteiger partial charge is 0.357 e. The fraction of sp³-hybridized carbons (Fsp3) is 0.348. The molecule has 3 rings (SSSR count). The van der Waals surface area contributed by atoms with Crippen molar-refractivity contribution < 1.29 is 0 Å². The van der Waals surface area contributed by atoms with Gasteiger partial charge in [-0.1, -0.05) is 29.8 Å². The van der Waals surface area contributed by atoms with E-state index in [-0.39, 0.29) is 0 Å². The molecule has 3 aromatic rings. The molecule has 6 nitrogen and oxygen atoms in total. The van der Waals surface area contributed by atoms with Gasteiger partial charge in [-0.25, -0.2) is 14.7 Å². The standard InChI is InChI=1S/C23H30N6/c1-6-24-23(27-15-21-9-7-16(2)11-17(21)3)26-14-20-8-10-22(25-13-20)29-19(5)12-18(4)28-29/h7-13H,6,14-15H2,1-5H3,(H2,24,26,27). The van der Waals surface area contributed by atoms with E-state index in [4.69, 9.17) is 4.99 Å². The zero-order valence-corrected chi connectivity index (χ0v) is 18.0. The first kappa shape index (κ1) is 20.6. The molecule has 6 heteroatoms. The lowest BCUT2D eigenvalue weighted by molar-refractivity contribution is 0.799. The van der Waals surface area contributed by atoms with Crippen molar-refractivity contribution >= 4 is 5.96 Å². The SMILES string of the molecule is CCNC(=NCc1ccc(-n2nc(C)cc2C)nc1)NCc1ccc(C)cc1C. The summed E-state index contributed by atoms with van der Waals surface area (Å²) < 4.78 is 1.86. The molecule has 0 saturated carbocycles. The summed E-state index contributed by atoms with van der Waals surface area (Å²) in [7, 11) is 0. The van der Waals surface area contributed by atoms with Crippen LogP contribution in [0.1, 0.15) is 40.6 Å². The van der Waals surface area contributed by atoms with Crippen LogP contribution in [0, 0.1) is 27.7 Å². The minimum Gasteiger partial charge on any atom is -0.357 e. The summed E-state index contributed by atoms with van der Waals surface area (Å²) in [6.07, 6.45) is 1.86. The molecule has 0 radical (unpaired) electrons. The molecule has 2 N–H and O–H groups in total. The van der Waals surface area contributed by atoms with E-state index in [0.29, 0.717) is 6.54 Å². The molecule has 0 saturated heterocycles. The molecule has 0 amide bonds. The fourth-order valence-electron chi connectivity index (χ4n) is 3.23. The smallest absolute Gasteiger partial charge is 0.191 e. The van der Waals surface area contributed by atoms with Gasteiger partial charge in [0.2, 0.25) is 0 Å². The van der Waals surface area contributed by atoms with Crippen LogP contribution < -0.4 is 10.6 Å². The Kier molecular flexibility index (Phi) is 6.65. The molecule has 0 unspecified atom stereocenters. The molecule has 152 valence electrons. The predicted octanol–water partition coefficient (Wildman–Crippen LogP) is 3.76. The van der Waals surface area contributed by atoms with Gasteiger partial charge in [-0.2, -0.15) is 5.10 Å². The van der Waals surface area contributed by atoms with Crippen molar-refractivity contribution in [3.05, 3.63) is 76.2 Å². The van der Waals surface area contributed by atoms with Crippen molar-refractivity contribution in [2.45, 2.75) is 47.7 Å². The lowest BCUT2D eigenvalue weighted by Crippen LogP contribution is -2.36. The van der Waals surface area contributed by atoms with Crippen LogP contribution in [0.5, 0.6) is 0 Å². The van der Waals surface area contributed by atoms with Gasteiger partial charge in [0.1, 0.15) is 0 Å². The van der Waals surface area contributed by atoms with E-state index in [9.17, 15) is 0 Å². The van der Waals surface area contributed by atoms with Crippen LogP contribution in [0.3, 0.4) is 0 Å². The number of aryl methyl sites for hydroxylation is 4. The number of hydrogen-bond donors (Lipinski definition) is 2. The highest BCUT2D eigenvalue weighted by Crippen LogP contribution is 2.12. The second-order valence-electron chi connectivity index (χ2n) is 7.34. The Morgan fingerprint density at radius 1 is 1.03 bits per heavy atom. The van der Waals surface area contributed by atoms with Gasteiger partial charge in [-0.15, -0.1) is 0 Å². The molecule has 0 bridgehead atoms. The van der Waals surface area contributed by atoms with Gasteiger partial charge in [0, 0.05) is 25.0 Å². The Hall–Kier alpha value is -3.15. The van der Waals surface area contributed by atoms with Crippen LogP contribution in [0.15, 0.2) is 47.6 Å². The second kappa shape index (κ2) is 9.37. The quantitative estimate of drug-likeness (QED) is 0.497. The summed E-state index contributed by atoms with van der Waals surface area (Å²) in [4.78, 5) is 9.25. The van der Waals surface area contributed by atoms with Crippen LogP contribution in [0.2, 0.25) is 0 Å². The van der Waals surface area contributed by atoms with Crippen LogP contribution in [-0.2, 0) is 13.1 Å². The molecule has 0 fully saturated rings. The first-order chi connectivity index (χ1) is 14.0. The predicted molar refractivity (Wildman–Crippen MR) is 118 cm³/mol. The summed E-state index contributed by atoms with van der Waals surface area (Å²) in [5.41, 5.74) is 6.96. The van der Waals surface area contributed by atoms with E-state index < -0.39 is 0 Å². The Balaban J connectivity index is 1.65. The highest BCUT2D eigenvalue weighted by atomic mass is 15.3. The number of nitrogens with one attached hydrogen (secondary N) is 2. The highest BCUT2D eigenvalue weighted by molar-refractivity contribution is 5.79. The third-order valence-corrected chi connectivity index (χ3v) is 4.74. The Morgan fingerprint density at radius 2 is 1.86 bits per heavy atom. The fourth-order valence-corrected chi connectivity index (χ4v) is 3.23. The van der Waals surface area contributed by atoms with Crippen molar-refractivity contribution in [1.29, 1.82) is 0 Å². The molecule has 0 atom stereocenters. The maximum Gasteiger partial charge on any atom is 0.191 e. The number of guanidine groups is 1. The Labute approximate surface area is 173 Å². The zero-order chi connectivity index (χ0) is 20.8. The minimum atomic E-state index is 0.562. The maximum atomic E-state index is 4.70. The molecular formula is C23H30N6. The lowest BCUT2D eigenvalue weighted by Gasteiger charge is -2.13. The zero-order valence-electron chi connectivity index (χ0n) is 18.0. The minimum absolute atomic E-state index is 0.562. The average molecular weight is 391 g/mol. The molecular weight excluding hydrogens is 360 g/mol. The van der Waals surface area contributed by atoms with Gasteiger partial charge in [0.25, 0.3) is 0 Å². The number of aromatic nitrogens is 3.